The number of amides is 2. The second-order valence-electron chi connectivity index (χ2n) is 5.72. The third kappa shape index (κ3) is 3.73. The van der Waals surface area contributed by atoms with Crippen LogP contribution in [0.1, 0.15) is 37.8 Å². The van der Waals surface area contributed by atoms with E-state index in [0.29, 0.717) is 6.54 Å². The Labute approximate surface area is 120 Å². The highest BCUT2D eigenvalue weighted by molar-refractivity contribution is 5.74. The monoisotopic (exact) mass is 276 g/mol. The summed E-state index contributed by atoms with van der Waals surface area (Å²) in [6.45, 7) is 2.60. The number of urea groups is 1. The van der Waals surface area contributed by atoms with E-state index in [9.17, 15) is 9.90 Å². The molecule has 1 saturated carbocycles. The minimum absolute atomic E-state index is 0.0142. The summed E-state index contributed by atoms with van der Waals surface area (Å²) >= 11 is 0. The molecule has 1 aromatic rings. The van der Waals surface area contributed by atoms with Crippen LogP contribution in [0.25, 0.3) is 0 Å². The fraction of sp³-hybridized carbons (Fsp3) is 0.562. The van der Waals surface area contributed by atoms with Gasteiger partial charge in [-0.05, 0) is 25.3 Å². The summed E-state index contributed by atoms with van der Waals surface area (Å²) in [5.41, 5.74) is 1.09. The zero-order chi connectivity index (χ0) is 14.5. The van der Waals surface area contributed by atoms with Crippen LogP contribution >= 0.6 is 0 Å². The first-order valence-electron chi connectivity index (χ1n) is 7.32. The van der Waals surface area contributed by atoms with Gasteiger partial charge < -0.3 is 15.3 Å². The lowest BCUT2D eigenvalue weighted by Gasteiger charge is -2.25. The van der Waals surface area contributed by atoms with Crippen LogP contribution in [0.3, 0.4) is 0 Å². The van der Waals surface area contributed by atoms with Crippen molar-refractivity contribution in [2.45, 2.75) is 38.3 Å². The number of carbonyl (C=O) groups excluding carboxylic acids is 1. The number of nitrogens with one attached hydrogen (secondary N) is 1. The van der Waals surface area contributed by atoms with E-state index in [4.69, 9.17) is 0 Å². The molecule has 1 aliphatic carbocycles. The van der Waals surface area contributed by atoms with Crippen LogP contribution in [0.4, 0.5) is 4.79 Å². The average molecular weight is 276 g/mol. The van der Waals surface area contributed by atoms with Crippen LogP contribution in [-0.4, -0.2) is 35.7 Å². The highest BCUT2D eigenvalue weighted by atomic mass is 16.3. The Kier molecular flexibility index (Phi) is 5.01. The standard InChI is InChI=1S/C16H24N2O2/c1-12(13-7-4-3-5-8-13)17-16(20)18(2)11-14-9-6-10-15(14)19/h3-5,7-8,12,14-15,19H,6,9-11H2,1-2H3,(H,17,20). The van der Waals surface area contributed by atoms with Gasteiger partial charge in [0.15, 0.2) is 0 Å². The van der Waals surface area contributed by atoms with Gasteiger partial charge in [0.25, 0.3) is 0 Å². The molecule has 4 nitrogen and oxygen atoms in total. The van der Waals surface area contributed by atoms with Gasteiger partial charge in [-0.2, -0.15) is 0 Å². The fourth-order valence-electron chi connectivity index (χ4n) is 2.79. The Balaban J connectivity index is 1.84. The van der Waals surface area contributed by atoms with Crippen LogP contribution in [0, 0.1) is 5.92 Å². The number of hydrogen-bond donors (Lipinski definition) is 2. The highest BCUT2D eigenvalue weighted by Gasteiger charge is 2.27. The molecule has 0 radical (unpaired) electrons. The van der Waals surface area contributed by atoms with E-state index in [1.165, 1.54) is 0 Å². The van der Waals surface area contributed by atoms with Crippen LogP contribution in [-0.2, 0) is 0 Å². The highest BCUT2D eigenvalue weighted by Crippen LogP contribution is 2.26. The number of hydrogen-bond acceptors (Lipinski definition) is 2. The summed E-state index contributed by atoms with van der Waals surface area (Å²) in [5, 5.41) is 12.8. The van der Waals surface area contributed by atoms with Gasteiger partial charge in [-0.15, -0.1) is 0 Å². The van der Waals surface area contributed by atoms with Crippen molar-refractivity contribution in [1.82, 2.24) is 10.2 Å². The van der Waals surface area contributed by atoms with Crippen molar-refractivity contribution in [3.63, 3.8) is 0 Å². The quantitative estimate of drug-likeness (QED) is 0.888. The molecule has 4 heteroatoms. The van der Waals surface area contributed by atoms with E-state index in [1.54, 1.807) is 11.9 Å². The summed E-state index contributed by atoms with van der Waals surface area (Å²) in [5.74, 6) is 0.220. The predicted molar refractivity (Wildman–Crippen MR) is 79.4 cm³/mol. The van der Waals surface area contributed by atoms with Gasteiger partial charge in [0.2, 0.25) is 0 Å². The molecule has 0 aliphatic heterocycles. The van der Waals surface area contributed by atoms with Crippen molar-refractivity contribution in [3.05, 3.63) is 35.9 Å². The fourth-order valence-corrected chi connectivity index (χ4v) is 2.79. The predicted octanol–water partition coefficient (Wildman–Crippen LogP) is 2.55. The number of aliphatic hydroxyl groups is 1. The lowest BCUT2D eigenvalue weighted by molar-refractivity contribution is 0.113. The van der Waals surface area contributed by atoms with Gasteiger partial charge in [-0.25, -0.2) is 4.79 Å². The number of rotatable bonds is 4. The Morgan fingerprint density at radius 2 is 2.10 bits per heavy atom. The smallest absolute Gasteiger partial charge is 0.317 e. The lowest BCUT2D eigenvalue weighted by Crippen LogP contribution is -2.42. The molecule has 2 N–H and O–H groups in total. The normalized spacial score (nSPS) is 23.4. The third-order valence-electron chi connectivity index (χ3n) is 4.11. The van der Waals surface area contributed by atoms with Crippen molar-refractivity contribution >= 4 is 6.03 Å². The molecule has 1 fully saturated rings. The summed E-state index contributed by atoms with van der Waals surface area (Å²) in [7, 11) is 1.79. The summed E-state index contributed by atoms with van der Waals surface area (Å²) in [6.07, 6.45) is 2.67. The van der Waals surface area contributed by atoms with Gasteiger partial charge >= 0.3 is 6.03 Å². The molecule has 20 heavy (non-hydrogen) atoms. The molecule has 0 heterocycles. The number of nitrogens with zero attached hydrogens (tertiary/aromatic N) is 1. The van der Waals surface area contributed by atoms with Gasteiger partial charge in [0.05, 0.1) is 12.1 Å². The van der Waals surface area contributed by atoms with E-state index in [1.807, 2.05) is 37.3 Å². The number of benzene rings is 1. The molecule has 3 atom stereocenters. The lowest BCUT2D eigenvalue weighted by atomic mass is 10.1. The SMILES string of the molecule is CC(NC(=O)N(C)CC1CCCC1O)c1ccccc1. The average Bonchev–Trinajstić information content (AvgIpc) is 2.85. The topological polar surface area (TPSA) is 52.6 Å². The van der Waals surface area contributed by atoms with E-state index >= 15 is 0 Å². The van der Waals surface area contributed by atoms with Crippen molar-refractivity contribution in [2.75, 3.05) is 13.6 Å². The molecule has 2 amide bonds. The van der Waals surface area contributed by atoms with Gasteiger partial charge in [0.1, 0.15) is 0 Å². The second kappa shape index (κ2) is 6.75. The minimum Gasteiger partial charge on any atom is -0.393 e. The Morgan fingerprint density at radius 1 is 1.40 bits per heavy atom. The number of carbonyl (C=O) groups is 1. The molecular weight excluding hydrogens is 252 g/mol. The molecule has 0 aromatic heterocycles. The summed E-state index contributed by atoms with van der Waals surface area (Å²) in [4.78, 5) is 13.8. The Bertz CT molecular complexity index is 435. The molecule has 3 unspecified atom stereocenters. The van der Waals surface area contributed by atoms with E-state index in [-0.39, 0.29) is 24.1 Å². The van der Waals surface area contributed by atoms with Gasteiger partial charge in [0, 0.05) is 19.5 Å². The molecule has 1 aliphatic rings. The van der Waals surface area contributed by atoms with E-state index in [0.717, 1.165) is 24.8 Å². The molecule has 2 rings (SSSR count). The summed E-state index contributed by atoms with van der Waals surface area (Å²) in [6, 6.07) is 9.82. The first-order chi connectivity index (χ1) is 9.58. The number of aliphatic hydroxyl groups excluding tert-OH is 1. The summed E-state index contributed by atoms with van der Waals surface area (Å²) < 4.78 is 0. The first-order valence-corrected chi connectivity index (χ1v) is 7.32. The van der Waals surface area contributed by atoms with Crippen LogP contribution in [0.2, 0.25) is 0 Å². The van der Waals surface area contributed by atoms with Crippen LogP contribution in [0.5, 0.6) is 0 Å². The van der Waals surface area contributed by atoms with Crippen LogP contribution < -0.4 is 5.32 Å². The molecule has 1 aromatic carbocycles. The van der Waals surface area contributed by atoms with Crippen LogP contribution in [0.15, 0.2) is 30.3 Å². The van der Waals surface area contributed by atoms with Crippen molar-refractivity contribution < 1.29 is 9.90 Å². The van der Waals surface area contributed by atoms with Crippen molar-refractivity contribution in [2.24, 2.45) is 5.92 Å². The first kappa shape index (κ1) is 14.9. The van der Waals surface area contributed by atoms with E-state index < -0.39 is 0 Å². The minimum atomic E-state index is -0.253. The Hall–Kier alpha value is -1.55. The molecule has 0 bridgehead atoms. The molecule has 0 spiro atoms. The molecule has 110 valence electrons. The van der Waals surface area contributed by atoms with Crippen molar-refractivity contribution in [1.29, 1.82) is 0 Å². The van der Waals surface area contributed by atoms with Crippen molar-refractivity contribution in [3.8, 4) is 0 Å². The maximum Gasteiger partial charge on any atom is 0.317 e. The van der Waals surface area contributed by atoms with Gasteiger partial charge in [-0.1, -0.05) is 36.8 Å². The van der Waals surface area contributed by atoms with E-state index in [2.05, 4.69) is 5.32 Å². The Morgan fingerprint density at radius 3 is 2.70 bits per heavy atom. The maximum atomic E-state index is 12.2. The largest absolute Gasteiger partial charge is 0.393 e. The molecule has 0 saturated heterocycles. The molecular formula is C16H24N2O2. The third-order valence-corrected chi connectivity index (χ3v) is 4.11. The van der Waals surface area contributed by atoms with Gasteiger partial charge in [-0.3, -0.25) is 0 Å². The zero-order valence-corrected chi connectivity index (χ0v) is 12.2. The second-order valence-corrected chi connectivity index (χ2v) is 5.72. The zero-order valence-electron chi connectivity index (χ0n) is 12.2. The maximum absolute atomic E-state index is 12.2.